The highest BCUT2D eigenvalue weighted by Gasteiger charge is 2.43. The number of likely N-dealkylation sites (tertiary alicyclic amines) is 1. The zero-order chi connectivity index (χ0) is 15.5. The Balaban J connectivity index is 2.14. The molecule has 1 aliphatic heterocycles. The van der Waals surface area contributed by atoms with Gasteiger partial charge in [-0.25, -0.2) is 0 Å². The molecule has 1 aliphatic rings. The van der Waals surface area contributed by atoms with Crippen molar-refractivity contribution < 1.29 is 19.4 Å². The van der Waals surface area contributed by atoms with Gasteiger partial charge >= 0.3 is 5.97 Å². The third-order valence-corrected chi connectivity index (χ3v) is 4.94. The van der Waals surface area contributed by atoms with Crippen LogP contribution in [-0.4, -0.2) is 48.7 Å². The van der Waals surface area contributed by atoms with Crippen LogP contribution in [0, 0.1) is 12.3 Å². The molecule has 0 radical (unpaired) electrons. The highest BCUT2D eigenvalue weighted by atomic mass is 32.1. The first-order valence-corrected chi connectivity index (χ1v) is 7.93. The number of piperidine rings is 1. The zero-order valence-corrected chi connectivity index (χ0v) is 13.2. The normalized spacial score (nSPS) is 22.3. The number of ether oxygens (including phenoxy) is 1. The van der Waals surface area contributed by atoms with Gasteiger partial charge in [0.1, 0.15) is 0 Å². The van der Waals surface area contributed by atoms with Gasteiger partial charge in [-0.05, 0) is 32.3 Å². The van der Waals surface area contributed by atoms with Gasteiger partial charge in [-0.1, -0.05) is 0 Å². The largest absolute Gasteiger partial charge is 0.481 e. The molecule has 0 aliphatic carbocycles. The molecular weight excluding hydrogens is 290 g/mol. The summed E-state index contributed by atoms with van der Waals surface area (Å²) in [4.78, 5) is 27.0. The van der Waals surface area contributed by atoms with Gasteiger partial charge in [0, 0.05) is 37.1 Å². The molecule has 2 rings (SSSR count). The lowest BCUT2D eigenvalue weighted by molar-refractivity contribution is -0.153. The average molecular weight is 311 g/mol. The molecule has 5 nitrogen and oxygen atoms in total. The highest BCUT2D eigenvalue weighted by molar-refractivity contribution is 7.10. The number of rotatable bonds is 5. The second-order valence-corrected chi connectivity index (χ2v) is 6.72. The van der Waals surface area contributed by atoms with Crippen molar-refractivity contribution in [3.63, 3.8) is 0 Å². The summed E-state index contributed by atoms with van der Waals surface area (Å²) in [7, 11) is 1.56. The Hall–Kier alpha value is -1.40. The van der Waals surface area contributed by atoms with Crippen LogP contribution in [0.1, 0.15) is 34.5 Å². The highest BCUT2D eigenvalue weighted by Crippen LogP contribution is 2.34. The molecule has 0 spiro atoms. The van der Waals surface area contributed by atoms with Crippen molar-refractivity contribution in [1.29, 1.82) is 0 Å². The Morgan fingerprint density at radius 1 is 1.52 bits per heavy atom. The number of aryl methyl sites for hydroxylation is 1. The molecule has 1 aromatic heterocycles. The zero-order valence-electron chi connectivity index (χ0n) is 12.4. The maximum Gasteiger partial charge on any atom is 0.311 e. The fourth-order valence-electron chi connectivity index (χ4n) is 2.83. The number of carbonyl (C=O) groups is 2. The van der Waals surface area contributed by atoms with Gasteiger partial charge < -0.3 is 14.7 Å². The number of nitrogens with zero attached hydrogens (tertiary/aromatic N) is 1. The van der Waals surface area contributed by atoms with Crippen LogP contribution in [0.5, 0.6) is 0 Å². The molecular formula is C15H21NO4S. The van der Waals surface area contributed by atoms with Gasteiger partial charge in [0.25, 0.3) is 5.91 Å². The number of carboxylic acid groups (broad SMARTS) is 1. The summed E-state index contributed by atoms with van der Waals surface area (Å²) in [6, 6.07) is 1.86. The van der Waals surface area contributed by atoms with E-state index in [1.807, 2.05) is 18.4 Å². The Labute approximate surface area is 128 Å². The quantitative estimate of drug-likeness (QED) is 0.907. The maximum absolute atomic E-state index is 12.5. The van der Waals surface area contributed by atoms with Gasteiger partial charge in [0.2, 0.25) is 0 Å². The third kappa shape index (κ3) is 3.44. The smallest absolute Gasteiger partial charge is 0.311 e. The van der Waals surface area contributed by atoms with Crippen LogP contribution < -0.4 is 0 Å². The van der Waals surface area contributed by atoms with Crippen LogP contribution in [0.15, 0.2) is 11.4 Å². The van der Waals surface area contributed by atoms with Crippen LogP contribution in [0.4, 0.5) is 0 Å². The second-order valence-electron chi connectivity index (χ2n) is 5.60. The van der Waals surface area contributed by atoms with E-state index in [2.05, 4.69) is 0 Å². The topological polar surface area (TPSA) is 66.8 Å². The van der Waals surface area contributed by atoms with Gasteiger partial charge in [0.05, 0.1) is 11.0 Å². The van der Waals surface area contributed by atoms with Crippen molar-refractivity contribution in [1.82, 2.24) is 4.90 Å². The summed E-state index contributed by atoms with van der Waals surface area (Å²) in [5.74, 6) is -0.902. The van der Waals surface area contributed by atoms with E-state index in [9.17, 15) is 14.7 Å². The summed E-state index contributed by atoms with van der Waals surface area (Å²) in [5.41, 5.74) is -0.222. The van der Waals surface area contributed by atoms with Crippen molar-refractivity contribution in [3.05, 3.63) is 21.9 Å². The minimum Gasteiger partial charge on any atom is -0.481 e. The number of carbonyl (C=O) groups excluding carboxylic acids is 1. The molecule has 116 valence electrons. The van der Waals surface area contributed by atoms with E-state index >= 15 is 0 Å². The number of methoxy groups -OCH3 is 1. The predicted molar refractivity (Wildman–Crippen MR) is 80.8 cm³/mol. The number of hydrogen-bond donors (Lipinski definition) is 1. The van der Waals surface area contributed by atoms with E-state index in [1.165, 1.54) is 11.3 Å². The van der Waals surface area contributed by atoms with E-state index in [0.29, 0.717) is 38.0 Å². The molecule has 1 unspecified atom stereocenters. The lowest BCUT2D eigenvalue weighted by Gasteiger charge is -2.39. The van der Waals surface area contributed by atoms with Crippen LogP contribution in [0.3, 0.4) is 0 Å². The molecule has 6 heteroatoms. The molecule has 1 saturated heterocycles. The van der Waals surface area contributed by atoms with Crippen LogP contribution >= 0.6 is 11.3 Å². The minimum atomic E-state index is -0.880. The minimum absolute atomic E-state index is 0.0675. The Morgan fingerprint density at radius 2 is 2.29 bits per heavy atom. The number of hydrogen-bond acceptors (Lipinski definition) is 4. The molecule has 1 amide bonds. The fraction of sp³-hybridized carbons (Fsp3) is 0.600. The van der Waals surface area contributed by atoms with Crippen LogP contribution in [0.25, 0.3) is 0 Å². The van der Waals surface area contributed by atoms with Crippen molar-refractivity contribution in [2.75, 3.05) is 26.8 Å². The lowest BCUT2D eigenvalue weighted by Crippen LogP contribution is -2.50. The lowest BCUT2D eigenvalue weighted by atomic mass is 9.77. The summed E-state index contributed by atoms with van der Waals surface area (Å²) in [6.07, 6.45) is 1.74. The van der Waals surface area contributed by atoms with E-state index in [4.69, 9.17) is 4.74 Å². The molecule has 2 heterocycles. The number of thiophene rings is 1. The average Bonchev–Trinajstić information content (AvgIpc) is 2.91. The van der Waals surface area contributed by atoms with Crippen LogP contribution in [0.2, 0.25) is 0 Å². The molecule has 1 atom stereocenters. The number of aliphatic carboxylic acids is 1. The summed E-state index contributed by atoms with van der Waals surface area (Å²) < 4.78 is 5.04. The first kappa shape index (κ1) is 16.0. The van der Waals surface area contributed by atoms with Crippen molar-refractivity contribution in [2.24, 2.45) is 5.41 Å². The first-order valence-electron chi connectivity index (χ1n) is 7.05. The molecule has 0 aromatic carbocycles. The van der Waals surface area contributed by atoms with E-state index in [-0.39, 0.29) is 12.5 Å². The fourth-order valence-corrected chi connectivity index (χ4v) is 3.50. The van der Waals surface area contributed by atoms with Gasteiger partial charge in [-0.2, -0.15) is 0 Å². The molecule has 1 aromatic rings. The van der Waals surface area contributed by atoms with Crippen molar-refractivity contribution >= 4 is 23.2 Å². The third-order valence-electron chi connectivity index (χ3n) is 4.08. The summed E-state index contributed by atoms with van der Waals surface area (Å²) >= 11 is 1.53. The van der Waals surface area contributed by atoms with E-state index in [1.54, 1.807) is 12.0 Å². The molecule has 21 heavy (non-hydrogen) atoms. The summed E-state index contributed by atoms with van der Waals surface area (Å²) in [5, 5.41) is 11.4. The SMILES string of the molecule is COCCC1(C(=O)O)CCCN(C(=O)c2csc(C)c2)C1. The molecule has 0 saturated carbocycles. The monoisotopic (exact) mass is 311 g/mol. The summed E-state index contributed by atoms with van der Waals surface area (Å²) in [6.45, 7) is 3.23. The number of amides is 1. The molecule has 1 fully saturated rings. The number of carboxylic acids is 1. The maximum atomic E-state index is 12.5. The van der Waals surface area contributed by atoms with Gasteiger partial charge in [-0.3, -0.25) is 9.59 Å². The molecule has 1 N–H and O–H groups in total. The second kappa shape index (κ2) is 6.58. The standard InChI is InChI=1S/C15H21NO4S/c1-11-8-12(9-21-11)13(17)16-6-3-4-15(10-16,14(18)19)5-7-20-2/h8-9H,3-7,10H2,1-2H3,(H,18,19). The molecule has 0 bridgehead atoms. The van der Waals surface area contributed by atoms with E-state index < -0.39 is 11.4 Å². The van der Waals surface area contributed by atoms with E-state index in [0.717, 1.165) is 4.88 Å². The Morgan fingerprint density at radius 3 is 2.86 bits per heavy atom. The van der Waals surface area contributed by atoms with Crippen LogP contribution in [-0.2, 0) is 9.53 Å². The Kier molecular flexibility index (Phi) is 5.00. The van der Waals surface area contributed by atoms with Gasteiger partial charge in [-0.15, -0.1) is 11.3 Å². The predicted octanol–water partition coefficient (Wildman–Crippen LogP) is 2.40. The first-order chi connectivity index (χ1) is 9.98. The van der Waals surface area contributed by atoms with Gasteiger partial charge in [0.15, 0.2) is 0 Å². The van der Waals surface area contributed by atoms with Crippen molar-refractivity contribution in [3.8, 4) is 0 Å². The van der Waals surface area contributed by atoms with Crippen molar-refractivity contribution in [2.45, 2.75) is 26.2 Å². The Bertz CT molecular complexity index is 527.